The summed E-state index contributed by atoms with van der Waals surface area (Å²) in [6.07, 6.45) is 3.13. The SMILES string of the molecule is CCCC(N)Cc1nc2ccccc2s1. The van der Waals surface area contributed by atoms with Crippen LogP contribution in [0.1, 0.15) is 24.8 Å². The largest absolute Gasteiger partial charge is 0.327 e. The van der Waals surface area contributed by atoms with Crippen LogP contribution in [0.3, 0.4) is 0 Å². The number of para-hydroxylation sites is 1. The summed E-state index contributed by atoms with van der Waals surface area (Å²) in [5, 5.41) is 1.16. The predicted molar refractivity (Wildman–Crippen MR) is 66.2 cm³/mol. The van der Waals surface area contributed by atoms with Gasteiger partial charge in [0, 0.05) is 12.5 Å². The molecule has 0 aliphatic rings. The molecular formula is C12H16N2S. The summed E-state index contributed by atoms with van der Waals surface area (Å²) in [5.41, 5.74) is 7.10. The Bertz CT molecular complexity index is 403. The van der Waals surface area contributed by atoms with Gasteiger partial charge in [0.1, 0.15) is 0 Å². The fourth-order valence-corrected chi connectivity index (χ4v) is 2.76. The van der Waals surface area contributed by atoms with Gasteiger partial charge in [0.25, 0.3) is 0 Å². The van der Waals surface area contributed by atoms with Crippen molar-refractivity contribution < 1.29 is 0 Å². The summed E-state index contributed by atoms with van der Waals surface area (Å²) in [6, 6.07) is 8.51. The molecule has 80 valence electrons. The summed E-state index contributed by atoms with van der Waals surface area (Å²) in [4.78, 5) is 4.57. The second-order valence-electron chi connectivity index (χ2n) is 3.83. The molecule has 0 saturated carbocycles. The number of hydrogen-bond acceptors (Lipinski definition) is 3. The summed E-state index contributed by atoms with van der Waals surface area (Å²) in [7, 11) is 0. The zero-order valence-corrected chi connectivity index (χ0v) is 9.76. The number of nitrogens with zero attached hydrogens (tertiary/aromatic N) is 1. The Hall–Kier alpha value is -0.930. The van der Waals surface area contributed by atoms with Crippen LogP contribution in [0.4, 0.5) is 0 Å². The molecule has 2 aromatic rings. The van der Waals surface area contributed by atoms with E-state index in [-0.39, 0.29) is 6.04 Å². The quantitative estimate of drug-likeness (QED) is 0.860. The van der Waals surface area contributed by atoms with E-state index in [9.17, 15) is 0 Å². The zero-order valence-electron chi connectivity index (χ0n) is 8.94. The van der Waals surface area contributed by atoms with Gasteiger partial charge >= 0.3 is 0 Å². The van der Waals surface area contributed by atoms with Crippen LogP contribution in [0.15, 0.2) is 24.3 Å². The van der Waals surface area contributed by atoms with Gasteiger partial charge < -0.3 is 5.73 Å². The van der Waals surface area contributed by atoms with Crippen molar-refractivity contribution in [2.24, 2.45) is 5.73 Å². The molecule has 1 unspecified atom stereocenters. The summed E-state index contributed by atoms with van der Waals surface area (Å²) >= 11 is 1.76. The van der Waals surface area contributed by atoms with E-state index in [2.05, 4.69) is 30.1 Å². The molecule has 0 fully saturated rings. The van der Waals surface area contributed by atoms with Gasteiger partial charge in [0.05, 0.1) is 15.2 Å². The van der Waals surface area contributed by atoms with E-state index in [0.29, 0.717) is 0 Å². The van der Waals surface area contributed by atoms with E-state index in [1.807, 2.05) is 6.07 Å². The Morgan fingerprint density at radius 3 is 2.93 bits per heavy atom. The Kier molecular flexibility index (Phi) is 3.34. The van der Waals surface area contributed by atoms with Crippen LogP contribution in [-0.4, -0.2) is 11.0 Å². The minimum absolute atomic E-state index is 0.260. The van der Waals surface area contributed by atoms with Gasteiger partial charge in [-0.25, -0.2) is 4.98 Å². The minimum atomic E-state index is 0.260. The van der Waals surface area contributed by atoms with Gasteiger partial charge in [-0.15, -0.1) is 11.3 Å². The molecule has 0 aliphatic heterocycles. The normalized spacial score (nSPS) is 13.2. The van der Waals surface area contributed by atoms with Gasteiger partial charge in [-0.1, -0.05) is 25.5 Å². The first-order valence-corrected chi connectivity index (χ1v) is 6.21. The molecule has 1 heterocycles. The van der Waals surface area contributed by atoms with Crippen molar-refractivity contribution >= 4 is 21.6 Å². The molecular weight excluding hydrogens is 204 g/mol. The van der Waals surface area contributed by atoms with Crippen molar-refractivity contribution in [2.45, 2.75) is 32.2 Å². The van der Waals surface area contributed by atoms with Gasteiger partial charge in [0.2, 0.25) is 0 Å². The van der Waals surface area contributed by atoms with Crippen LogP contribution in [0.2, 0.25) is 0 Å². The smallest absolute Gasteiger partial charge is 0.0954 e. The Labute approximate surface area is 94.1 Å². The van der Waals surface area contributed by atoms with Crippen LogP contribution in [0, 0.1) is 0 Å². The molecule has 1 aromatic carbocycles. The molecule has 1 atom stereocenters. The maximum absolute atomic E-state index is 6.00. The molecule has 0 spiro atoms. The Morgan fingerprint density at radius 2 is 2.20 bits per heavy atom. The first kappa shape index (κ1) is 10.6. The lowest BCUT2D eigenvalue weighted by atomic mass is 10.1. The maximum atomic E-state index is 6.00. The first-order valence-electron chi connectivity index (χ1n) is 5.39. The van der Waals surface area contributed by atoms with Gasteiger partial charge in [-0.3, -0.25) is 0 Å². The summed E-state index contributed by atoms with van der Waals surface area (Å²) < 4.78 is 1.26. The van der Waals surface area contributed by atoms with Gasteiger partial charge in [-0.2, -0.15) is 0 Å². The molecule has 0 aliphatic carbocycles. The fourth-order valence-electron chi connectivity index (χ4n) is 1.70. The third kappa shape index (κ3) is 2.55. The molecule has 0 bridgehead atoms. The van der Waals surface area contributed by atoms with E-state index in [0.717, 1.165) is 29.8 Å². The molecule has 2 N–H and O–H groups in total. The predicted octanol–water partition coefficient (Wildman–Crippen LogP) is 2.97. The number of rotatable bonds is 4. The Morgan fingerprint density at radius 1 is 1.40 bits per heavy atom. The standard InChI is InChI=1S/C12H16N2S/c1-2-5-9(13)8-12-14-10-6-3-4-7-11(10)15-12/h3-4,6-7,9H,2,5,8,13H2,1H3. The van der Waals surface area contributed by atoms with Crippen LogP contribution >= 0.6 is 11.3 Å². The number of benzene rings is 1. The van der Waals surface area contributed by atoms with Gasteiger partial charge in [-0.05, 0) is 18.6 Å². The summed E-state index contributed by atoms with van der Waals surface area (Å²) in [5.74, 6) is 0. The molecule has 0 radical (unpaired) electrons. The van der Waals surface area contributed by atoms with Crippen molar-refractivity contribution in [3.8, 4) is 0 Å². The zero-order chi connectivity index (χ0) is 10.7. The molecule has 2 rings (SSSR count). The third-order valence-corrected chi connectivity index (χ3v) is 3.49. The van der Waals surface area contributed by atoms with Crippen LogP contribution in [-0.2, 0) is 6.42 Å². The molecule has 2 nitrogen and oxygen atoms in total. The lowest BCUT2D eigenvalue weighted by Crippen LogP contribution is -2.22. The number of fused-ring (bicyclic) bond motifs is 1. The number of thiazole rings is 1. The maximum Gasteiger partial charge on any atom is 0.0954 e. The lowest BCUT2D eigenvalue weighted by molar-refractivity contribution is 0.599. The van der Waals surface area contributed by atoms with Crippen molar-refractivity contribution in [3.05, 3.63) is 29.3 Å². The van der Waals surface area contributed by atoms with Crippen molar-refractivity contribution in [1.82, 2.24) is 4.98 Å². The topological polar surface area (TPSA) is 38.9 Å². The monoisotopic (exact) mass is 220 g/mol. The van der Waals surface area contributed by atoms with E-state index in [1.165, 1.54) is 4.70 Å². The molecule has 0 amide bonds. The van der Waals surface area contributed by atoms with Crippen molar-refractivity contribution in [2.75, 3.05) is 0 Å². The third-order valence-electron chi connectivity index (χ3n) is 2.43. The number of nitrogens with two attached hydrogens (primary N) is 1. The number of hydrogen-bond donors (Lipinski definition) is 1. The van der Waals surface area contributed by atoms with E-state index >= 15 is 0 Å². The minimum Gasteiger partial charge on any atom is -0.327 e. The van der Waals surface area contributed by atoms with E-state index in [4.69, 9.17) is 5.73 Å². The van der Waals surface area contributed by atoms with Crippen molar-refractivity contribution in [3.63, 3.8) is 0 Å². The molecule has 15 heavy (non-hydrogen) atoms. The van der Waals surface area contributed by atoms with Crippen LogP contribution in [0.25, 0.3) is 10.2 Å². The average Bonchev–Trinajstić information content (AvgIpc) is 2.59. The summed E-state index contributed by atoms with van der Waals surface area (Å²) in [6.45, 7) is 2.16. The highest BCUT2D eigenvalue weighted by atomic mass is 32.1. The van der Waals surface area contributed by atoms with E-state index in [1.54, 1.807) is 11.3 Å². The number of aromatic nitrogens is 1. The highest BCUT2D eigenvalue weighted by molar-refractivity contribution is 7.18. The second kappa shape index (κ2) is 4.73. The van der Waals surface area contributed by atoms with Crippen LogP contribution in [0.5, 0.6) is 0 Å². The highest BCUT2D eigenvalue weighted by Crippen LogP contribution is 2.22. The van der Waals surface area contributed by atoms with Crippen molar-refractivity contribution in [1.29, 1.82) is 0 Å². The lowest BCUT2D eigenvalue weighted by Gasteiger charge is -2.06. The molecule has 0 saturated heterocycles. The van der Waals surface area contributed by atoms with Crippen LogP contribution < -0.4 is 5.73 Å². The second-order valence-corrected chi connectivity index (χ2v) is 4.94. The molecule has 1 aromatic heterocycles. The average molecular weight is 220 g/mol. The van der Waals surface area contributed by atoms with Gasteiger partial charge in [0.15, 0.2) is 0 Å². The Balaban J connectivity index is 2.15. The fraction of sp³-hybridized carbons (Fsp3) is 0.417. The molecule has 3 heteroatoms. The highest BCUT2D eigenvalue weighted by Gasteiger charge is 2.07. The first-order chi connectivity index (χ1) is 7.29. The van der Waals surface area contributed by atoms with E-state index < -0.39 is 0 Å².